The molecule has 0 bridgehead atoms. The Bertz CT molecular complexity index is 335. The van der Waals surface area contributed by atoms with Gasteiger partial charge in [-0.15, -0.1) is 0 Å². The maximum absolute atomic E-state index is 10.9. The Balaban J connectivity index is 2.64. The summed E-state index contributed by atoms with van der Waals surface area (Å²) in [5.41, 5.74) is 5.74. The summed E-state index contributed by atoms with van der Waals surface area (Å²) < 4.78 is 0. The van der Waals surface area contributed by atoms with Crippen LogP contribution in [0, 0.1) is 0 Å². The second kappa shape index (κ2) is 4.41. The summed E-state index contributed by atoms with van der Waals surface area (Å²) in [6, 6.07) is 9.13. The third-order valence-electron chi connectivity index (χ3n) is 1.87. The minimum atomic E-state index is -0.965. The zero-order valence-electron chi connectivity index (χ0n) is 7.86. The number of nitrogens with two attached hydrogens (primary N) is 1. The molecule has 0 heterocycles. The number of benzene rings is 1. The van der Waals surface area contributed by atoms with Crippen LogP contribution in [-0.2, 0) is 9.59 Å². The quantitative estimate of drug-likeness (QED) is 0.663. The van der Waals surface area contributed by atoms with Crippen molar-refractivity contribution in [1.82, 2.24) is 5.32 Å². The van der Waals surface area contributed by atoms with Crippen LogP contribution in [0.2, 0.25) is 0 Å². The number of nitrogens with one attached hydrogen (secondary N) is 1. The van der Waals surface area contributed by atoms with Crippen LogP contribution in [0.5, 0.6) is 0 Å². The topological polar surface area (TPSA) is 72.2 Å². The Hall–Kier alpha value is -1.84. The summed E-state index contributed by atoms with van der Waals surface area (Å²) in [6.07, 6.45) is 0. The molecular weight excluding hydrogens is 180 g/mol. The van der Waals surface area contributed by atoms with Crippen molar-refractivity contribution in [3.8, 4) is 0 Å². The molecule has 0 aliphatic carbocycles. The van der Waals surface area contributed by atoms with Crippen LogP contribution in [0.15, 0.2) is 30.3 Å². The predicted octanol–water partition coefficient (Wildman–Crippen LogP) is 0.349. The van der Waals surface area contributed by atoms with E-state index < -0.39 is 11.8 Å². The Morgan fingerprint density at radius 2 is 1.86 bits per heavy atom. The lowest BCUT2D eigenvalue weighted by Crippen LogP contribution is -2.37. The van der Waals surface area contributed by atoms with Crippen molar-refractivity contribution in [3.05, 3.63) is 35.9 Å². The number of hydrogen-bond acceptors (Lipinski definition) is 2. The van der Waals surface area contributed by atoms with E-state index in [-0.39, 0.29) is 6.04 Å². The Labute approximate surface area is 82.1 Å². The van der Waals surface area contributed by atoms with Gasteiger partial charge in [-0.2, -0.15) is 0 Å². The largest absolute Gasteiger partial charge is 0.361 e. The number of primary amides is 1. The number of hydrogen-bond donors (Lipinski definition) is 2. The Kier molecular flexibility index (Phi) is 3.23. The molecule has 0 aliphatic rings. The molecule has 0 radical (unpaired) electrons. The van der Waals surface area contributed by atoms with E-state index in [1.807, 2.05) is 30.3 Å². The van der Waals surface area contributed by atoms with Gasteiger partial charge >= 0.3 is 11.8 Å². The molecule has 0 spiro atoms. The van der Waals surface area contributed by atoms with Gasteiger partial charge < -0.3 is 11.1 Å². The highest BCUT2D eigenvalue weighted by Crippen LogP contribution is 2.10. The van der Waals surface area contributed by atoms with Crippen LogP contribution >= 0.6 is 0 Å². The number of carbonyl (C=O) groups is 2. The van der Waals surface area contributed by atoms with Crippen molar-refractivity contribution in [3.63, 3.8) is 0 Å². The van der Waals surface area contributed by atoms with E-state index in [4.69, 9.17) is 5.73 Å². The molecule has 0 fully saturated rings. The second-order valence-electron chi connectivity index (χ2n) is 2.97. The molecule has 1 aromatic carbocycles. The normalized spacial score (nSPS) is 11.8. The van der Waals surface area contributed by atoms with Gasteiger partial charge in [-0.3, -0.25) is 9.59 Å². The van der Waals surface area contributed by atoms with Gasteiger partial charge in [0.05, 0.1) is 6.04 Å². The molecule has 1 rings (SSSR count). The first-order chi connectivity index (χ1) is 6.61. The van der Waals surface area contributed by atoms with Crippen molar-refractivity contribution in [1.29, 1.82) is 0 Å². The number of rotatable bonds is 2. The van der Waals surface area contributed by atoms with Crippen LogP contribution < -0.4 is 11.1 Å². The van der Waals surface area contributed by atoms with Gasteiger partial charge in [-0.25, -0.2) is 0 Å². The number of carbonyl (C=O) groups excluding carboxylic acids is 2. The number of amides is 2. The first kappa shape index (κ1) is 10.2. The highest BCUT2D eigenvalue weighted by molar-refractivity contribution is 6.34. The van der Waals surface area contributed by atoms with Gasteiger partial charge in [-0.1, -0.05) is 30.3 Å². The molecule has 4 nitrogen and oxygen atoms in total. The monoisotopic (exact) mass is 192 g/mol. The van der Waals surface area contributed by atoms with E-state index in [9.17, 15) is 9.59 Å². The molecule has 74 valence electrons. The van der Waals surface area contributed by atoms with E-state index >= 15 is 0 Å². The molecule has 2 amide bonds. The minimum absolute atomic E-state index is 0.212. The Morgan fingerprint density at radius 3 is 2.36 bits per heavy atom. The molecule has 0 saturated heterocycles. The van der Waals surface area contributed by atoms with E-state index in [0.29, 0.717) is 0 Å². The summed E-state index contributed by atoms with van der Waals surface area (Å²) in [6.45, 7) is 1.79. The molecule has 0 aliphatic heterocycles. The molecule has 0 aromatic heterocycles. The molecule has 3 N–H and O–H groups in total. The van der Waals surface area contributed by atoms with Crippen LogP contribution in [0.4, 0.5) is 0 Å². The van der Waals surface area contributed by atoms with Gasteiger partial charge in [0.15, 0.2) is 0 Å². The third-order valence-corrected chi connectivity index (χ3v) is 1.87. The highest BCUT2D eigenvalue weighted by atomic mass is 16.2. The van der Waals surface area contributed by atoms with E-state index in [2.05, 4.69) is 5.32 Å². The van der Waals surface area contributed by atoms with Crippen molar-refractivity contribution in [2.75, 3.05) is 0 Å². The smallest absolute Gasteiger partial charge is 0.309 e. The van der Waals surface area contributed by atoms with Gasteiger partial charge in [0.25, 0.3) is 0 Å². The molecule has 1 atom stereocenters. The van der Waals surface area contributed by atoms with E-state index in [0.717, 1.165) is 5.56 Å². The van der Waals surface area contributed by atoms with Gasteiger partial charge in [0.1, 0.15) is 0 Å². The molecule has 0 saturated carbocycles. The third kappa shape index (κ3) is 2.58. The fourth-order valence-electron chi connectivity index (χ4n) is 1.09. The summed E-state index contributed by atoms with van der Waals surface area (Å²) in [7, 11) is 0. The molecular formula is C10H12N2O2. The molecule has 14 heavy (non-hydrogen) atoms. The lowest BCUT2D eigenvalue weighted by Gasteiger charge is -2.12. The summed E-state index contributed by atoms with van der Waals surface area (Å²) in [5, 5.41) is 2.48. The van der Waals surface area contributed by atoms with Crippen LogP contribution in [0.25, 0.3) is 0 Å². The summed E-state index contributed by atoms with van der Waals surface area (Å²) >= 11 is 0. The molecule has 4 heteroatoms. The van der Waals surface area contributed by atoms with Gasteiger partial charge in [0.2, 0.25) is 0 Å². The predicted molar refractivity (Wildman–Crippen MR) is 52.2 cm³/mol. The lowest BCUT2D eigenvalue weighted by molar-refractivity contribution is -0.137. The van der Waals surface area contributed by atoms with Crippen molar-refractivity contribution in [2.45, 2.75) is 13.0 Å². The van der Waals surface area contributed by atoms with Gasteiger partial charge in [0, 0.05) is 0 Å². The maximum Gasteiger partial charge on any atom is 0.309 e. The highest BCUT2D eigenvalue weighted by Gasteiger charge is 2.12. The SMILES string of the molecule is C[C@H](NC(=O)C(N)=O)c1ccccc1. The molecule has 0 unspecified atom stereocenters. The maximum atomic E-state index is 10.9. The van der Waals surface area contributed by atoms with E-state index in [1.165, 1.54) is 0 Å². The minimum Gasteiger partial charge on any atom is -0.361 e. The fraction of sp³-hybridized carbons (Fsp3) is 0.200. The molecule has 1 aromatic rings. The first-order valence-corrected chi connectivity index (χ1v) is 4.26. The summed E-state index contributed by atoms with van der Waals surface area (Å²) in [4.78, 5) is 21.4. The van der Waals surface area contributed by atoms with Gasteiger partial charge in [-0.05, 0) is 12.5 Å². The van der Waals surface area contributed by atoms with Crippen molar-refractivity contribution in [2.24, 2.45) is 5.73 Å². The van der Waals surface area contributed by atoms with E-state index in [1.54, 1.807) is 6.92 Å². The van der Waals surface area contributed by atoms with Crippen molar-refractivity contribution >= 4 is 11.8 Å². The fourth-order valence-corrected chi connectivity index (χ4v) is 1.09. The zero-order chi connectivity index (χ0) is 10.6. The first-order valence-electron chi connectivity index (χ1n) is 4.26. The standard InChI is InChI=1S/C10H12N2O2/c1-7(12-10(14)9(11)13)8-5-3-2-4-6-8/h2-7H,1H3,(H2,11,13)(H,12,14)/t7-/m0/s1. The lowest BCUT2D eigenvalue weighted by atomic mass is 10.1. The summed E-state index contributed by atoms with van der Waals surface area (Å²) in [5.74, 6) is -1.73. The zero-order valence-corrected chi connectivity index (χ0v) is 7.86. The van der Waals surface area contributed by atoms with Crippen molar-refractivity contribution < 1.29 is 9.59 Å². The average Bonchev–Trinajstić information content (AvgIpc) is 2.19. The van der Waals surface area contributed by atoms with Crippen LogP contribution in [0.1, 0.15) is 18.5 Å². The second-order valence-corrected chi connectivity index (χ2v) is 2.97. The Morgan fingerprint density at radius 1 is 1.29 bits per heavy atom. The van der Waals surface area contributed by atoms with Crippen LogP contribution in [0.3, 0.4) is 0 Å². The average molecular weight is 192 g/mol. The van der Waals surface area contributed by atoms with Crippen LogP contribution in [-0.4, -0.2) is 11.8 Å².